The van der Waals surface area contributed by atoms with E-state index in [4.69, 9.17) is 0 Å². The number of carbonyl (C=O) groups excluding carboxylic acids is 2. The average molecular weight is 308 g/mol. The minimum absolute atomic E-state index is 0.0806. The van der Waals surface area contributed by atoms with E-state index in [9.17, 15) is 9.59 Å². The smallest absolute Gasteiger partial charge is 0.251 e. The number of anilines is 1. The molecule has 0 atom stereocenters. The lowest BCUT2D eigenvalue weighted by Crippen LogP contribution is -2.50. The van der Waals surface area contributed by atoms with Crippen molar-refractivity contribution in [2.24, 2.45) is 0 Å². The number of hydrogen-bond acceptors (Lipinski definition) is 2. The Balaban J connectivity index is 1.74. The highest BCUT2D eigenvalue weighted by atomic mass is 16.2. The van der Waals surface area contributed by atoms with Gasteiger partial charge in [-0.2, -0.15) is 0 Å². The van der Waals surface area contributed by atoms with Crippen LogP contribution in [0, 0.1) is 0 Å². The van der Waals surface area contributed by atoms with Crippen molar-refractivity contribution in [2.45, 2.75) is 31.7 Å². The van der Waals surface area contributed by atoms with Gasteiger partial charge in [-0.1, -0.05) is 30.3 Å². The molecular formula is C19H20N2O2. The van der Waals surface area contributed by atoms with Crippen molar-refractivity contribution in [3.05, 3.63) is 65.7 Å². The molecular weight excluding hydrogens is 288 g/mol. The van der Waals surface area contributed by atoms with Crippen LogP contribution in [-0.2, 0) is 10.3 Å². The quantitative estimate of drug-likeness (QED) is 0.909. The van der Waals surface area contributed by atoms with Gasteiger partial charge >= 0.3 is 0 Å². The first-order valence-electron chi connectivity index (χ1n) is 7.85. The first-order chi connectivity index (χ1) is 11.1. The molecule has 0 radical (unpaired) electrons. The molecule has 0 aromatic heterocycles. The third kappa shape index (κ3) is 3.26. The summed E-state index contributed by atoms with van der Waals surface area (Å²) in [6.07, 6.45) is 3.05. The van der Waals surface area contributed by atoms with Crippen molar-refractivity contribution in [1.29, 1.82) is 0 Å². The first kappa shape index (κ1) is 15.3. The normalized spacial score (nSPS) is 15.3. The van der Waals surface area contributed by atoms with Crippen LogP contribution >= 0.6 is 0 Å². The molecule has 0 saturated heterocycles. The zero-order chi connectivity index (χ0) is 16.3. The van der Waals surface area contributed by atoms with Gasteiger partial charge in [0.25, 0.3) is 5.91 Å². The summed E-state index contributed by atoms with van der Waals surface area (Å²) in [5, 5.41) is 5.89. The highest BCUT2D eigenvalue weighted by Crippen LogP contribution is 2.41. The second kappa shape index (κ2) is 6.24. The van der Waals surface area contributed by atoms with Gasteiger partial charge in [0.1, 0.15) is 0 Å². The lowest BCUT2D eigenvalue weighted by molar-refractivity contribution is -0.114. The maximum absolute atomic E-state index is 12.6. The molecule has 2 aromatic rings. The Bertz CT molecular complexity index is 704. The summed E-state index contributed by atoms with van der Waals surface area (Å²) in [4.78, 5) is 23.6. The van der Waals surface area contributed by atoms with Gasteiger partial charge in [0, 0.05) is 18.2 Å². The Morgan fingerprint density at radius 3 is 2.13 bits per heavy atom. The molecule has 2 N–H and O–H groups in total. The monoisotopic (exact) mass is 308 g/mol. The second-order valence-electron chi connectivity index (χ2n) is 6.01. The summed E-state index contributed by atoms with van der Waals surface area (Å²) >= 11 is 0. The number of benzene rings is 2. The first-order valence-corrected chi connectivity index (χ1v) is 7.85. The second-order valence-corrected chi connectivity index (χ2v) is 6.01. The maximum atomic E-state index is 12.6. The van der Waals surface area contributed by atoms with E-state index >= 15 is 0 Å². The van der Waals surface area contributed by atoms with Gasteiger partial charge in [0.2, 0.25) is 5.91 Å². The summed E-state index contributed by atoms with van der Waals surface area (Å²) in [7, 11) is 0. The van der Waals surface area contributed by atoms with Crippen LogP contribution in [0.15, 0.2) is 54.6 Å². The van der Waals surface area contributed by atoms with E-state index in [2.05, 4.69) is 22.8 Å². The lowest BCUT2D eigenvalue weighted by atomic mass is 9.71. The number of carbonyl (C=O) groups is 2. The van der Waals surface area contributed by atoms with Crippen molar-refractivity contribution in [3.63, 3.8) is 0 Å². The Morgan fingerprint density at radius 2 is 1.61 bits per heavy atom. The van der Waals surface area contributed by atoms with Gasteiger partial charge in [0.05, 0.1) is 5.54 Å². The van der Waals surface area contributed by atoms with Crippen LogP contribution in [0.5, 0.6) is 0 Å². The Hall–Kier alpha value is -2.62. The van der Waals surface area contributed by atoms with Gasteiger partial charge in [0.15, 0.2) is 0 Å². The predicted octanol–water partition coefficient (Wildman–Crippen LogP) is 3.45. The zero-order valence-electron chi connectivity index (χ0n) is 13.1. The number of hydrogen-bond donors (Lipinski definition) is 2. The van der Waals surface area contributed by atoms with Crippen LogP contribution < -0.4 is 10.6 Å². The Labute approximate surface area is 135 Å². The molecule has 3 rings (SSSR count). The molecule has 1 aliphatic rings. The summed E-state index contributed by atoms with van der Waals surface area (Å²) in [5.41, 5.74) is 2.21. The molecule has 2 amide bonds. The van der Waals surface area contributed by atoms with E-state index < -0.39 is 0 Å². The van der Waals surface area contributed by atoms with E-state index in [0.717, 1.165) is 24.8 Å². The SMILES string of the molecule is CC(=O)Nc1ccc(C(=O)NC2(c3ccccc3)CCC2)cc1. The highest BCUT2D eigenvalue weighted by molar-refractivity contribution is 5.96. The fraction of sp³-hybridized carbons (Fsp3) is 0.263. The Morgan fingerprint density at radius 1 is 0.957 bits per heavy atom. The molecule has 4 nitrogen and oxygen atoms in total. The van der Waals surface area contributed by atoms with Crippen LogP contribution in [0.2, 0.25) is 0 Å². The van der Waals surface area contributed by atoms with Crippen LogP contribution in [0.25, 0.3) is 0 Å². The van der Waals surface area contributed by atoms with Gasteiger partial charge in [-0.3, -0.25) is 9.59 Å². The van der Waals surface area contributed by atoms with Crippen LogP contribution in [0.4, 0.5) is 5.69 Å². The molecule has 0 bridgehead atoms. The van der Waals surface area contributed by atoms with Crippen molar-refractivity contribution in [2.75, 3.05) is 5.32 Å². The molecule has 23 heavy (non-hydrogen) atoms. The molecule has 4 heteroatoms. The van der Waals surface area contributed by atoms with E-state index in [1.807, 2.05) is 18.2 Å². The molecule has 0 aliphatic heterocycles. The molecule has 1 aliphatic carbocycles. The van der Waals surface area contributed by atoms with Crippen LogP contribution in [-0.4, -0.2) is 11.8 Å². The standard InChI is InChI=1S/C19H20N2O2/c1-14(22)20-17-10-8-15(9-11-17)18(23)21-19(12-5-13-19)16-6-3-2-4-7-16/h2-4,6-11H,5,12-13H2,1H3,(H,20,22)(H,21,23). The average Bonchev–Trinajstić information content (AvgIpc) is 2.51. The summed E-state index contributed by atoms with van der Waals surface area (Å²) < 4.78 is 0. The van der Waals surface area contributed by atoms with E-state index in [0.29, 0.717) is 11.3 Å². The van der Waals surface area contributed by atoms with Gasteiger partial charge in [-0.25, -0.2) is 0 Å². The third-order valence-corrected chi connectivity index (χ3v) is 4.35. The number of rotatable bonds is 4. The molecule has 0 unspecified atom stereocenters. The summed E-state index contributed by atoms with van der Waals surface area (Å²) in [6, 6.07) is 17.1. The predicted molar refractivity (Wildman–Crippen MR) is 90.2 cm³/mol. The lowest BCUT2D eigenvalue weighted by Gasteiger charge is -2.43. The Kier molecular flexibility index (Phi) is 4.15. The van der Waals surface area contributed by atoms with Gasteiger partial charge < -0.3 is 10.6 Å². The molecule has 0 heterocycles. The van der Waals surface area contributed by atoms with E-state index in [1.54, 1.807) is 24.3 Å². The van der Waals surface area contributed by atoms with Crippen molar-refractivity contribution in [1.82, 2.24) is 5.32 Å². The van der Waals surface area contributed by atoms with Crippen molar-refractivity contribution in [3.8, 4) is 0 Å². The number of amides is 2. The van der Waals surface area contributed by atoms with Gasteiger partial charge in [-0.05, 0) is 49.1 Å². The fourth-order valence-electron chi connectivity index (χ4n) is 2.97. The topological polar surface area (TPSA) is 58.2 Å². The third-order valence-electron chi connectivity index (χ3n) is 4.35. The minimum atomic E-state index is -0.241. The maximum Gasteiger partial charge on any atom is 0.251 e. The van der Waals surface area contributed by atoms with E-state index in [-0.39, 0.29) is 17.4 Å². The minimum Gasteiger partial charge on any atom is -0.343 e. The number of nitrogens with one attached hydrogen (secondary N) is 2. The van der Waals surface area contributed by atoms with Crippen LogP contribution in [0.1, 0.15) is 42.1 Å². The van der Waals surface area contributed by atoms with Crippen molar-refractivity contribution < 1.29 is 9.59 Å². The molecule has 0 spiro atoms. The molecule has 1 fully saturated rings. The van der Waals surface area contributed by atoms with Crippen molar-refractivity contribution >= 4 is 17.5 Å². The largest absolute Gasteiger partial charge is 0.343 e. The molecule has 1 saturated carbocycles. The zero-order valence-corrected chi connectivity index (χ0v) is 13.1. The molecule has 118 valence electrons. The van der Waals surface area contributed by atoms with Gasteiger partial charge in [-0.15, -0.1) is 0 Å². The summed E-state index contributed by atoms with van der Waals surface area (Å²) in [6.45, 7) is 1.46. The summed E-state index contributed by atoms with van der Waals surface area (Å²) in [5.74, 6) is -0.206. The van der Waals surface area contributed by atoms with E-state index in [1.165, 1.54) is 6.92 Å². The molecule has 2 aromatic carbocycles. The van der Waals surface area contributed by atoms with Crippen LogP contribution in [0.3, 0.4) is 0 Å². The fourth-order valence-corrected chi connectivity index (χ4v) is 2.97. The highest BCUT2D eigenvalue weighted by Gasteiger charge is 2.39.